The summed E-state index contributed by atoms with van der Waals surface area (Å²) in [4.78, 5) is 39.6. The van der Waals surface area contributed by atoms with Crippen molar-refractivity contribution in [3.8, 4) is 11.5 Å². The number of ether oxygens (including phenoxy) is 4. The Morgan fingerprint density at radius 3 is 1.33 bits per heavy atom. The van der Waals surface area contributed by atoms with Gasteiger partial charge in [0.15, 0.2) is 5.78 Å². The van der Waals surface area contributed by atoms with Crippen molar-refractivity contribution in [1.29, 1.82) is 0 Å². The molecule has 9 heteroatoms. The Kier molecular flexibility index (Phi) is 16.3. The molecule has 42 heavy (non-hydrogen) atoms. The van der Waals surface area contributed by atoms with Gasteiger partial charge in [0.05, 0.1) is 13.2 Å². The molecule has 0 heterocycles. The first-order valence-electron chi connectivity index (χ1n) is 14.4. The first-order chi connectivity index (χ1) is 20.4. The van der Waals surface area contributed by atoms with Crippen molar-refractivity contribution in [2.45, 2.75) is 26.7 Å². The van der Waals surface area contributed by atoms with Crippen LogP contribution in [0.1, 0.15) is 42.6 Å². The summed E-state index contributed by atoms with van der Waals surface area (Å²) in [5, 5.41) is 0. The van der Waals surface area contributed by atoms with E-state index in [9.17, 15) is 14.4 Å². The third-order valence-corrected chi connectivity index (χ3v) is 6.54. The minimum atomic E-state index is -0.410. The summed E-state index contributed by atoms with van der Waals surface area (Å²) in [5.74, 6) is 0.523. The van der Waals surface area contributed by atoms with Gasteiger partial charge in [0.25, 0.3) is 0 Å². The van der Waals surface area contributed by atoms with E-state index in [1.54, 1.807) is 48.5 Å². The van der Waals surface area contributed by atoms with Crippen molar-refractivity contribution in [2.24, 2.45) is 0 Å². The molecule has 228 valence electrons. The molecule has 0 atom stereocenters. The molecule has 0 unspecified atom stereocenters. The number of likely N-dealkylation sites (N-methyl/N-ethyl adjacent to an activating group) is 2. The van der Waals surface area contributed by atoms with Gasteiger partial charge >= 0.3 is 11.9 Å². The number of hydrogen-bond donors (Lipinski definition) is 0. The Morgan fingerprint density at radius 2 is 1.00 bits per heavy atom. The van der Waals surface area contributed by atoms with Crippen LogP contribution in [-0.2, 0) is 19.1 Å². The lowest BCUT2D eigenvalue weighted by Gasteiger charge is -2.20. The molecule has 0 aliphatic carbocycles. The third kappa shape index (κ3) is 13.1. The maximum Gasteiger partial charge on any atom is 0.330 e. The topological polar surface area (TPSA) is 94.6 Å². The van der Waals surface area contributed by atoms with Gasteiger partial charge in [-0.1, -0.05) is 27.0 Å². The zero-order chi connectivity index (χ0) is 30.6. The van der Waals surface area contributed by atoms with Crippen LogP contribution in [0.2, 0.25) is 0 Å². The average Bonchev–Trinajstić information content (AvgIpc) is 3.03. The predicted octanol–water partition coefficient (Wildman–Crippen LogP) is 4.56. The molecule has 0 aromatic heterocycles. The van der Waals surface area contributed by atoms with Gasteiger partial charge in [-0.2, -0.15) is 0 Å². The molecule has 0 amide bonds. The highest BCUT2D eigenvalue weighted by Gasteiger charge is 2.10. The van der Waals surface area contributed by atoms with Crippen LogP contribution in [0.4, 0.5) is 0 Å². The van der Waals surface area contributed by atoms with Crippen molar-refractivity contribution in [1.82, 2.24) is 9.80 Å². The van der Waals surface area contributed by atoms with Crippen molar-refractivity contribution < 1.29 is 33.3 Å². The zero-order valence-corrected chi connectivity index (χ0v) is 24.9. The maximum absolute atomic E-state index is 12.9. The van der Waals surface area contributed by atoms with Gasteiger partial charge in [-0.25, -0.2) is 9.59 Å². The van der Waals surface area contributed by atoms with E-state index in [-0.39, 0.29) is 5.78 Å². The summed E-state index contributed by atoms with van der Waals surface area (Å²) in [6, 6.07) is 14.3. The van der Waals surface area contributed by atoms with E-state index in [0.717, 1.165) is 51.2 Å². The highest BCUT2D eigenvalue weighted by molar-refractivity contribution is 6.09. The summed E-state index contributed by atoms with van der Waals surface area (Å²) in [6.07, 6.45) is 3.97. The number of carbonyl (C=O) groups is 3. The molecule has 2 rings (SSSR count). The molecule has 0 fully saturated rings. The molecule has 0 N–H and O–H groups in total. The van der Waals surface area contributed by atoms with Gasteiger partial charge in [0, 0.05) is 49.5 Å². The van der Waals surface area contributed by atoms with E-state index in [1.165, 1.54) is 0 Å². The second-order valence-corrected chi connectivity index (χ2v) is 9.39. The SMILES string of the molecule is C=CC(=O)OCCN(CC)CCCOc1ccc(C(=O)c2ccc(OCCCN(CC)CCOC(=O)C=C)cc2)cc1. The molecule has 0 saturated carbocycles. The van der Waals surface area contributed by atoms with Crippen LogP contribution in [0, 0.1) is 0 Å². The number of hydrogen-bond acceptors (Lipinski definition) is 9. The Morgan fingerprint density at radius 1 is 0.619 bits per heavy atom. The number of benzene rings is 2. The van der Waals surface area contributed by atoms with Crippen LogP contribution in [-0.4, -0.2) is 93.2 Å². The van der Waals surface area contributed by atoms with E-state index in [0.29, 0.717) is 62.1 Å². The van der Waals surface area contributed by atoms with Crippen LogP contribution in [0.5, 0.6) is 11.5 Å². The highest BCUT2D eigenvalue weighted by Crippen LogP contribution is 2.18. The molecule has 0 bridgehead atoms. The molecule has 0 aliphatic heterocycles. The van der Waals surface area contributed by atoms with Gasteiger partial charge < -0.3 is 28.7 Å². The molecule has 2 aromatic rings. The Hall–Kier alpha value is -3.95. The fraction of sp³-hybridized carbons (Fsp3) is 0.424. The number of carbonyl (C=O) groups excluding carboxylic acids is 3. The molecule has 2 aromatic carbocycles. The lowest BCUT2D eigenvalue weighted by molar-refractivity contribution is -0.139. The number of ketones is 1. The molecule has 9 nitrogen and oxygen atoms in total. The number of rotatable bonds is 22. The van der Waals surface area contributed by atoms with Crippen LogP contribution in [0.15, 0.2) is 73.8 Å². The lowest BCUT2D eigenvalue weighted by Crippen LogP contribution is -2.29. The van der Waals surface area contributed by atoms with Crippen molar-refractivity contribution in [3.05, 3.63) is 85.0 Å². The number of nitrogens with zero attached hydrogens (tertiary/aromatic N) is 2. The van der Waals surface area contributed by atoms with Crippen LogP contribution < -0.4 is 9.47 Å². The molecule has 0 radical (unpaired) electrons. The molecular formula is C33H44N2O7. The van der Waals surface area contributed by atoms with Crippen LogP contribution in [0.3, 0.4) is 0 Å². The summed E-state index contributed by atoms with van der Waals surface area (Å²) < 4.78 is 21.8. The smallest absolute Gasteiger partial charge is 0.330 e. The third-order valence-electron chi connectivity index (χ3n) is 6.54. The van der Waals surface area contributed by atoms with E-state index >= 15 is 0 Å². The van der Waals surface area contributed by atoms with Crippen molar-refractivity contribution >= 4 is 17.7 Å². The predicted molar refractivity (Wildman–Crippen MR) is 163 cm³/mol. The standard InChI is InChI=1S/C33H44N2O7/c1-5-31(36)41-25-21-34(7-3)19-9-23-39-29-15-11-27(12-16-29)33(38)28-13-17-30(18-14-28)40-24-10-20-35(8-4)22-26-42-32(37)6-2/h5-6,11-18H,1-2,7-10,19-26H2,3-4H3. The van der Waals surface area contributed by atoms with Gasteiger partial charge in [-0.15, -0.1) is 0 Å². The van der Waals surface area contributed by atoms with Crippen LogP contribution >= 0.6 is 0 Å². The summed E-state index contributed by atoms with van der Waals surface area (Å²) in [5.41, 5.74) is 1.17. The Bertz CT molecular complexity index is 1030. The van der Waals surface area contributed by atoms with E-state index in [2.05, 4.69) is 36.8 Å². The molecule has 0 spiro atoms. The normalized spacial score (nSPS) is 10.8. The van der Waals surface area contributed by atoms with Crippen molar-refractivity contribution in [3.63, 3.8) is 0 Å². The zero-order valence-electron chi connectivity index (χ0n) is 24.9. The Balaban J connectivity index is 1.70. The fourth-order valence-corrected chi connectivity index (χ4v) is 4.05. The first kappa shape index (κ1) is 34.3. The molecular weight excluding hydrogens is 536 g/mol. The van der Waals surface area contributed by atoms with E-state index in [4.69, 9.17) is 18.9 Å². The average molecular weight is 581 g/mol. The van der Waals surface area contributed by atoms with Gasteiger partial charge in [0.1, 0.15) is 24.7 Å². The fourth-order valence-electron chi connectivity index (χ4n) is 4.05. The second-order valence-electron chi connectivity index (χ2n) is 9.39. The first-order valence-corrected chi connectivity index (χ1v) is 14.4. The van der Waals surface area contributed by atoms with Gasteiger partial charge in [-0.05, 0) is 74.5 Å². The second kappa shape index (κ2) is 20.0. The quantitative estimate of drug-likeness (QED) is 0.0860. The highest BCUT2D eigenvalue weighted by atomic mass is 16.5. The van der Waals surface area contributed by atoms with E-state index < -0.39 is 11.9 Å². The minimum absolute atomic E-state index is 0.0698. The summed E-state index contributed by atoms with van der Waals surface area (Å²) >= 11 is 0. The minimum Gasteiger partial charge on any atom is -0.494 e. The maximum atomic E-state index is 12.9. The summed E-state index contributed by atoms with van der Waals surface area (Å²) in [6.45, 7) is 17.3. The summed E-state index contributed by atoms with van der Waals surface area (Å²) in [7, 11) is 0. The van der Waals surface area contributed by atoms with Crippen molar-refractivity contribution in [2.75, 3.05) is 65.7 Å². The molecule has 0 aliphatic rings. The van der Waals surface area contributed by atoms with Crippen LogP contribution in [0.25, 0.3) is 0 Å². The Labute approximate surface area is 249 Å². The largest absolute Gasteiger partial charge is 0.494 e. The lowest BCUT2D eigenvalue weighted by atomic mass is 10.0. The van der Waals surface area contributed by atoms with Gasteiger partial charge in [-0.3, -0.25) is 4.79 Å². The van der Waals surface area contributed by atoms with Gasteiger partial charge in [0.2, 0.25) is 0 Å². The number of esters is 2. The monoisotopic (exact) mass is 580 g/mol. The van der Waals surface area contributed by atoms with E-state index in [1.807, 2.05) is 0 Å². The molecule has 0 saturated heterocycles.